The molecule has 0 N–H and O–H groups in total. The number of benzene rings is 8. The molecule has 0 saturated heterocycles. The summed E-state index contributed by atoms with van der Waals surface area (Å²) in [6.07, 6.45) is 0. The number of aromatic nitrogens is 4. The molecule has 3 heterocycles. The van der Waals surface area contributed by atoms with Gasteiger partial charge in [0, 0.05) is 38.2 Å². The van der Waals surface area contributed by atoms with Gasteiger partial charge < -0.3 is 8.98 Å². The zero-order valence-corrected chi connectivity index (χ0v) is 29.5. The first kappa shape index (κ1) is 23.9. The number of hydrogen-bond acceptors (Lipinski definition) is 4. The molecular formula is C51H32N4O. The molecule has 0 spiro atoms. The predicted molar refractivity (Wildman–Crippen MR) is 229 cm³/mol. The van der Waals surface area contributed by atoms with E-state index in [2.05, 4.69) is 0 Å². The fourth-order valence-corrected chi connectivity index (χ4v) is 7.44. The molecule has 11 rings (SSSR count). The van der Waals surface area contributed by atoms with Crippen molar-refractivity contribution in [2.75, 3.05) is 0 Å². The molecule has 5 heteroatoms. The highest BCUT2D eigenvalue weighted by atomic mass is 16.3. The van der Waals surface area contributed by atoms with Crippen LogP contribution in [0.3, 0.4) is 0 Å². The number of rotatable bonds is 6. The van der Waals surface area contributed by atoms with Gasteiger partial charge in [-0.3, -0.25) is 0 Å². The fraction of sp³-hybridized carbons (Fsp3) is 0. The van der Waals surface area contributed by atoms with E-state index in [-0.39, 0.29) is 40.6 Å². The minimum Gasteiger partial charge on any atom is -0.456 e. The molecule has 5 nitrogen and oxygen atoms in total. The van der Waals surface area contributed by atoms with E-state index in [0.29, 0.717) is 56.3 Å². The van der Waals surface area contributed by atoms with E-state index in [0.717, 1.165) is 33.0 Å². The Labute approximate surface area is 335 Å². The minimum absolute atomic E-state index is 0.0251. The first-order valence-corrected chi connectivity index (χ1v) is 18.0. The van der Waals surface area contributed by atoms with Crippen LogP contribution in [0.2, 0.25) is 0 Å². The Hall–Kier alpha value is -7.63. The van der Waals surface area contributed by atoms with Gasteiger partial charge in [-0.15, -0.1) is 0 Å². The Kier molecular flexibility index (Phi) is 5.57. The molecule has 8 aromatic carbocycles. The smallest absolute Gasteiger partial charge is 0.166 e. The Morgan fingerprint density at radius 3 is 1.91 bits per heavy atom. The van der Waals surface area contributed by atoms with Gasteiger partial charge in [-0.2, -0.15) is 0 Å². The topological polar surface area (TPSA) is 56.7 Å². The van der Waals surface area contributed by atoms with Crippen molar-refractivity contribution in [1.29, 1.82) is 0 Å². The molecule has 0 atom stereocenters. The maximum absolute atomic E-state index is 9.28. The zero-order valence-electron chi connectivity index (χ0n) is 38.5. The van der Waals surface area contributed by atoms with Crippen LogP contribution in [0, 0.1) is 0 Å². The van der Waals surface area contributed by atoms with Gasteiger partial charge in [0.15, 0.2) is 17.5 Å². The third-order valence-corrected chi connectivity index (χ3v) is 10.1. The van der Waals surface area contributed by atoms with Gasteiger partial charge in [0.1, 0.15) is 11.2 Å². The van der Waals surface area contributed by atoms with Crippen LogP contribution >= 0.6 is 0 Å². The van der Waals surface area contributed by atoms with Crippen LogP contribution in [0.4, 0.5) is 0 Å². The Morgan fingerprint density at radius 2 is 1.04 bits per heavy atom. The lowest BCUT2D eigenvalue weighted by Crippen LogP contribution is -2.03. The molecule has 0 saturated carbocycles. The first-order valence-electron chi connectivity index (χ1n) is 22.5. The molecule has 0 aliphatic carbocycles. The summed E-state index contributed by atoms with van der Waals surface area (Å²) in [6.45, 7) is 0. The number of nitrogens with zero attached hydrogens (tertiary/aromatic N) is 4. The number of fused-ring (bicyclic) bond motifs is 6. The van der Waals surface area contributed by atoms with E-state index in [1.165, 1.54) is 0 Å². The highest BCUT2D eigenvalue weighted by Crippen LogP contribution is 2.39. The second-order valence-corrected chi connectivity index (χ2v) is 13.4. The van der Waals surface area contributed by atoms with Crippen LogP contribution in [0.5, 0.6) is 0 Å². The van der Waals surface area contributed by atoms with Crippen molar-refractivity contribution in [2.24, 2.45) is 0 Å². The summed E-state index contributed by atoms with van der Waals surface area (Å²) in [4.78, 5) is 15.2. The second kappa shape index (κ2) is 13.0. The summed E-state index contributed by atoms with van der Waals surface area (Å²) >= 11 is 0. The molecule has 0 amide bonds. The van der Waals surface area contributed by atoms with Crippen LogP contribution in [0.15, 0.2) is 198 Å². The predicted octanol–water partition coefficient (Wildman–Crippen LogP) is 13.2. The molecule has 0 radical (unpaired) electrons. The fourth-order valence-electron chi connectivity index (χ4n) is 7.44. The van der Waals surface area contributed by atoms with Crippen molar-refractivity contribution in [2.45, 2.75) is 0 Å². The van der Waals surface area contributed by atoms with Gasteiger partial charge in [-0.1, -0.05) is 145 Å². The number of para-hydroxylation sites is 3. The lowest BCUT2D eigenvalue weighted by atomic mass is 10.0. The number of hydrogen-bond donors (Lipinski definition) is 0. The molecule has 0 aliphatic heterocycles. The largest absolute Gasteiger partial charge is 0.456 e. The number of furan rings is 1. The summed E-state index contributed by atoms with van der Waals surface area (Å²) < 4.78 is 86.1. The monoisotopic (exact) mass is 725 g/mol. The maximum atomic E-state index is 9.28. The van der Waals surface area contributed by atoms with Gasteiger partial charge in [0.05, 0.1) is 29.1 Å². The summed E-state index contributed by atoms with van der Waals surface area (Å²) in [7, 11) is 0. The molecule has 56 heavy (non-hydrogen) atoms. The van der Waals surface area contributed by atoms with Crippen LogP contribution in [-0.2, 0) is 0 Å². The van der Waals surface area contributed by atoms with Gasteiger partial charge in [0.2, 0.25) is 0 Å². The van der Waals surface area contributed by atoms with Gasteiger partial charge in [-0.25, -0.2) is 15.0 Å². The van der Waals surface area contributed by atoms with Crippen molar-refractivity contribution in [1.82, 2.24) is 19.5 Å². The third-order valence-electron chi connectivity index (χ3n) is 10.1. The summed E-state index contributed by atoms with van der Waals surface area (Å²) in [5, 5.41) is 2.53. The van der Waals surface area contributed by atoms with Crippen molar-refractivity contribution < 1.29 is 16.8 Å². The van der Waals surface area contributed by atoms with Crippen LogP contribution in [0.25, 0.3) is 106 Å². The molecule has 262 valence electrons. The maximum Gasteiger partial charge on any atom is 0.166 e. The second-order valence-electron chi connectivity index (χ2n) is 13.4. The van der Waals surface area contributed by atoms with Crippen molar-refractivity contribution >= 4 is 43.7 Å². The minimum atomic E-state index is -0.518. The quantitative estimate of drug-likeness (QED) is 0.171. The summed E-state index contributed by atoms with van der Waals surface area (Å²) in [5.41, 5.74) is 6.90. The molecule has 0 unspecified atom stereocenters. The van der Waals surface area contributed by atoms with Gasteiger partial charge in [0.25, 0.3) is 0 Å². The first-order chi connectivity index (χ1) is 31.5. The molecule has 0 fully saturated rings. The molecule has 11 aromatic rings. The normalized spacial score (nSPS) is 13.8. The lowest BCUT2D eigenvalue weighted by molar-refractivity contribution is 0.669. The average Bonchev–Trinajstić information content (AvgIpc) is 3.89. The third kappa shape index (κ3) is 5.37. The van der Waals surface area contributed by atoms with E-state index >= 15 is 0 Å². The Morgan fingerprint density at radius 1 is 0.393 bits per heavy atom. The summed E-state index contributed by atoms with van der Waals surface area (Å²) in [5.74, 6) is 1.07. The van der Waals surface area contributed by atoms with Crippen LogP contribution in [-0.4, -0.2) is 19.5 Å². The van der Waals surface area contributed by atoms with E-state index in [4.69, 9.17) is 30.3 Å². The Balaban J connectivity index is 1.16. The van der Waals surface area contributed by atoms with Gasteiger partial charge >= 0.3 is 0 Å². The Bertz CT molecular complexity index is 3750. The van der Waals surface area contributed by atoms with Crippen molar-refractivity contribution in [3.63, 3.8) is 0 Å². The zero-order chi connectivity index (χ0) is 44.8. The van der Waals surface area contributed by atoms with Crippen molar-refractivity contribution in [3.05, 3.63) is 194 Å². The van der Waals surface area contributed by atoms with E-state index < -0.39 is 30.2 Å². The summed E-state index contributed by atoms with van der Waals surface area (Å²) in [6, 6.07) is 40.3. The lowest BCUT2D eigenvalue weighted by Gasteiger charge is -2.15. The molecule has 0 aliphatic rings. The van der Waals surface area contributed by atoms with Crippen LogP contribution < -0.4 is 0 Å². The standard InChI is InChI=1S/C51H32N4O/c1-3-13-33(14-4-1)35-23-25-36(26-24-35)49-52-50(38-27-29-41-40-18-9-12-22-47(40)56-48(41)32-38)54-51(53-49)42-19-8-11-21-45(42)55-44-20-10-7-17-39(44)43-31-37(28-30-46(43)55)34-15-5-2-6-16-34/h1-32H/i2D,5D,6D,7D,10D,15D,16D,17D,20D. The molecular weight excluding hydrogens is 685 g/mol. The van der Waals surface area contributed by atoms with Crippen LogP contribution in [0.1, 0.15) is 12.3 Å². The highest BCUT2D eigenvalue weighted by Gasteiger charge is 2.20. The van der Waals surface area contributed by atoms with Crippen molar-refractivity contribution in [3.8, 4) is 62.1 Å². The van der Waals surface area contributed by atoms with Gasteiger partial charge in [-0.05, 0) is 70.8 Å². The molecule has 0 bridgehead atoms. The van der Waals surface area contributed by atoms with E-state index in [9.17, 15) is 1.37 Å². The highest BCUT2D eigenvalue weighted by molar-refractivity contribution is 6.11. The molecule has 3 aromatic heterocycles. The van der Waals surface area contributed by atoms with E-state index in [1.54, 1.807) is 22.8 Å². The van der Waals surface area contributed by atoms with E-state index in [1.807, 2.05) is 121 Å². The SMILES string of the molecule is [2H]c1c([2H])c([2H])c(-c2ccc3c(c2)c2c([2H])c([2H])c([2H])c([2H])c2n3-c2ccccc2-c2nc(-c3ccc(-c4ccccc4)cc3)nc(-c3ccc4c(c3)oc3ccccc34)n2)c([2H])c1[2H]. The average molecular weight is 726 g/mol.